The molecule has 9 heteroatoms. The Kier molecular flexibility index (Phi) is 5.48. The van der Waals surface area contributed by atoms with Crippen LogP contribution in [0.2, 0.25) is 0 Å². The third kappa shape index (κ3) is 4.90. The van der Waals surface area contributed by atoms with E-state index in [4.69, 9.17) is 0 Å². The molecule has 1 aromatic heterocycles. The van der Waals surface area contributed by atoms with Crippen molar-refractivity contribution in [3.05, 3.63) is 59.4 Å². The zero-order chi connectivity index (χ0) is 19.5. The zero-order valence-corrected chi connectivity index (χ0v) is 13.4. The first-order chi connectivity index (χ1) is 12.0. The van der Waals surface area contributed by atoms with Gasteiger partial charge in [0.2, 0.25) is 0 Å². The van der Waals surface area contributed by atoms with Gasteiger partial charge >= 0.3 is 18.3 Å². The van der Waals surface area contributed by atoms with Crippen LogP contribution in [0.3, 0.4) is 0 Å². The lowest BCUT2D eigenvalue weighted by Gasteiger charge is -2.14. The molecule has 0 saturated carbocycles. The third-order valence-corrected chi connectivity index (χ3v) is 3.28. The summed E-state index contributed by atoms with van der Waals surface area (Å²) in [6, 6.07) is 2.74. The maximum atomic E-state index is 12.9. The van der Waals surface area contributed by atoms with Crippen LogP contribution in [0.1, 0.15) is 23.6 Å². The van der Waals surface area contributed by atoms with E-state index in [-0.39, 0.29) is 18.4 Å². The molecule has 0 aliphatic heterocycles. The lowest BCUT2D eigenvalue weighted by Crippen LogP contribution is -2.12. The molecular formula is C17H13F6NO2. The van der Waals surface area contributed by atoms with Gasteiger partial charge in [-0.2, -0.15) is 26.3 Å². The number of carbonyl (C=O) groups excluding carboxylic acids is 1. The molecule has 0 N–H and O–H groups in total. The molecule has 1 heterocycles. The van der Waals surface area contributed by atoms with Crippen LogP contribution in [0.5, 0.6) is 0 Å². The molecule has 0 unspecified atom stereocenters. The maximum Gasteiger partial charge on any atom is 0.416 e. The number of carbonyl (C=O) groups is 1. The van der Waals surface area contributed by atoms with Gasteiger partial charge in [-0.1, -0.05) is 0 Å². The lowest BCUT2D eigenvalue weighted by molar-refractivity contribution is -0.143. The minimum atomic E-state index is -4.92. The standard InChI is InChI=1S/C17H13F6NO2/c1-2-26-15(25)4-3-11-5-6-24(10-11)14-8-12(16(18,19)20)7-13(9-14)17(21,22)23/h3-10H,2H2,1H3. The minimum absolute atomic E-state index is 0.0641. The summed E-state index contributed by atoms with van der Waals surface area (Å²) in [6.45, 7) is 1.79. The van der Waals surface area contributed by atoms with Crippen molar-refractivity contribution >= 4 is 12.0 Å². The van der Waals surface area contributed by atoms with Gasteiger partial charge in [0.15, 0.2) is 0 Å². The molecular weight excluding hydrogens is 364 g/mol. The van der Waals surface area contributed by atoms with Crippen molar-refractivity contribution in [1.29, 1.82) is 0 Å². The second-order valence-corrected chi connectivity index (χ2v) is 5.20. The molecule has 0 saturated heterocycles. The van der Waals surface area contributed by atoms with Gasteiger partial charge in [0.05, 0.1) is 17.7 Å². The van der Waals surface area contributed by atoms with E-state index in [2.05, 4.69) is 4.74 Å². The van der Waals surface area contributed by atoms with Crippen molar-refractivity contribution in [2.24, 2.45) is 0 Å². The van der Waals surface area contributed by atoms with Crippen LogP contribution in [-0.2, 0) is 21.9 Å². The monoisotopic (exact) mass is 377 g/mol. The Morgan fingerprint density at radius 2 is 1.65 bits per heavy atom. The van der Waals surface area contributed by atoms with Crippen LogP contribution < -0.4 is 0 Å². The van der Waals surface area contributed by atoms with E-state index in [0.717, 1.165) is 10.6 Å². The van der Waals surface area contributed by atoms with Crippen LogP contribution in [-0.4, -0.2) is 17.1 Å². The highest BCUT2D eigenvalue weighted by atomic mass is 19.4. The first kappa shape index (κ1) is 19.6. The second kappa shape index (κ2) is 7.27. The number of hydrogen-bond acceptors (Lipinski definition) is 2. The summed E-state index contributed by atoms with van der Waals surface area (Å²) in [7, 11) is 0. The van der Waals surface area contributed by atoms with Gasteiger partial charge in [0, 0.05) is 24.2 Å². The van der Waals surface area contributed by atoms with Crippen LogP contribution in [0.15, 0.2) is 42.7 Å². The molecule has 2 aromatic rings. The van der Waals surface area contributed by atoms with Crippen molar-refractivity contribution in [2.75, 3.05) is 6.61 Å². The topological polar surface area (TPSA) is 31.2 Å². The van der Waals surface area contributed by atoms with Crippen LogP contribution in [0.4, 0.5) is 26.3 Å². The van der Waals surface area contributed by atoms with Crippen molar-refractivity contribution in [3.8, 4) is 5.69 Å². The molecule has 0 atom stereocenters. The van der Waals surface area contributed by atoms with E-state index in [1.54, 1.807) is 6.92 Å². The van der Waals surface area contributed by atoms with E-state index in [9.17, 15) is 31.1 Å². The smallest absolute Gasteiger partial charge is 0.416 e. The summed E-state index contributed by atoms with van der Waals surface area (Å²) in [4.78, 5) is 11.2. The average Bonchev–Trinajstić information content (AvgIpc) is 3.00. The molecule has 0 amide bonds. The molecule has 0 bridgehead atoms. The van der Waals surface area contributed by atoms with Crippen LogP contribution in [0, 0.1) is 0 Å². The Labute approximate surface area is 144 Å². The fourth-order valence-electron chi connectivity index (χ4n) is 2.11. The largest absolute Gasteiger partial charge is 0.463 e. The lowest BCUT2D eigenvalue weighted by atomic mass is 10.1. The Hall–Kier alpha value is -2.71. The number of esters is 1. The molecule has 140 valence electrons. The summed E-state index contributed by atoms with van der Waals surface area (Å²) in [5.74, 6) is -0.612. The van der Waals surface area contributed by atoms with Crippen LogP contribution >= 0.6 is 0 Å². The van der Waals surface area contributed by atoms with Gasteiger partial charge in [0.1, 0.15) is 0 Å². The highest BCUT2D eigenvalue weighted by Crippen LogP contribution is 2.37. The summed E-state index contributed by atoms with van der Waals surface area (Å²) in [5.41, 5.74) is -2.70. The summed E-state index contributed by atoms with van der Waals surface area (Å²) < 4.78 is 83.2. The van der Waals surface area contributed by atoms with Gasteiger partial charge < -0.3 is 9.30 Å². The summed E-state index contributed by atoms with van der Waals surface area (Å²) in [5, 5.41) is 0. The molecule has 0 spiro atoms. The third-order valence-electron chi connectivity index (χ3n) is 3.28. The number of halogens is 6. The van der Waals surface area contributed by atoms with Crippen molar-refractivity contribution in [1.82, 2.24) is 4.57 Å². The average molecular weight is 377 g/mol. The van der Waals surface area contributed by atoms with E-state index >= 15 is 0 Å². The number of rotatable bonds is 4. The highest BCUT2D eigenvalue weighted by Gasteiger charge is 2.37. The van der Waals surface area contributed by atoms with E-state index in [0.29, 0.717) is 17.7 Å². The van der Waals surface area contributed by atoms with Gasteiger partial charge in [-0.05, 0) is 42.8 Å². The minimum Gasteiger partial charge on any atom is -0.463 e. The van der Waals surface area contributed by atoms with Gasteiger partial charge in [0.25, 0.3) is 0 Å². The van der Waals surface area contributed by atoms with Crippen molar-refractivity contribution < 1.29 is 35.9 Å². The molecule has 0 fully saturated rings. The first-order valence-corrected chi connectivity index (χ1v) is 7.33. The SMILES string of the molecule is CCOC(=O)C=Cc1ccn(-c2cc(C(F)(F)F)cc(C(F)(F)F)c2)c1. The fraction of sp³-hybridized carbons (Fsp3) is 0.235. The predicted molar refractivity (Wildman–Crippen MR) is 81.4 cm³/mol. The molecule has 0 aliphatic rings. The molecule has 26 heavy (non-hydrogen) atoms. The quantitative estimate of drug-likeness (QED) is 0.422. The van der Waals surface area contributed by atoms with E-state index < -0.39 is 29.4 Å². The number of alkyl halides is 6. The number of benzene rings is 1. The first-order valence-electron chi connectivity index (χ1n) is 7.33. The highest BCUT2D eigenvalue weighted by molar-refractivity contribution is 5.87. The molecule has 0 radical (unpaired) electrons. The van der Waals surface area contributed by atoms with Gasteiger partial charge in [-0.3, -0.25) is 0 Å². The second-order valence-electron chi connectivity index (χ2n) is 5.20. The predicted octanol–water partition coefficient (Wildman–Crippen LogP) is 5.09. The van der Waals surface area contributed by atoms with Crippen molar-refractivity contribution in [2.45, 2.75) is 19.3 Å². The molecule has 2 rings (SSSR count). The fourth-order valence-corrected chi connectivity index (χ4v) is 2.11. The Balaban J connectivity index is 2.41. The number of aromatic nitrogens is 1. The maximum absolute atomic E-state index is 12.9. The Morgan fingerprint density at radius 3 is 2.15 bits per heavy atom. The summed E-state index contributed by atoms with van der Waals surface area (Å²) in [6.07, 6.45) is -4.80. The zero-order valence-electron chi connectivity index (χ0n) is 13.4. The van der Waals surface area contributed by atoms with Gasteiger partial charge in [-0.25, -0.2) is 4.79 Å². The molecule has 3 nitrogen and oxygen atoms in total. The number of nitrogens with zero attached hydrogens (tertiary/aromatic N) is 1. The van der Waals surface area contributed by atoms with Gasteiger partial charge in [-0.15, -0.1) is 0 Å². The summed E-state index contributed by atoms with van der Waals surface area (Å²) >= 11 is 0. The number of hydrogen-bond donors (Lipinski definition) is 0. The van der Waals surface area contributed by atoms with E-state index in [1.807, 2.05) is 0 Å². The van der Waals surface area contributed by atoms with Crippen molar-refractivity contribution in [3.63, 3.8) is 0 Å². The van der Waals surface area contributed by atoms with E-state index in [1.165, 1.54) is 24.5 Å². The number of ether oxygens (including phenoxy) is 1. The molecule has 0 aliphatic carbocycles. The van der Waals surface area contributed by atoms with Crippen LogP contribution in [0.25, 0.3) is 11.8 Å². The normalized spacial score (nSPS) is 12.6. The molecule has 1 aromatic carbocycles. The Bertz CT molecular complexity index is 785. The Morgan fingerprint density at radius 1 is 1.08 bits per heavy atom.